The third-order valence-corrected chi connectivity index (χ3v) is 3.86. The molecule has 6 heteroatoms. The summed E-state index contributed by atoms with van der Waals surface area (Å²) in [5, 5.41) is 2.78. The molecular weight excluding hydrogens is 252 g/mol. The van der Waals surface area contributed by atoms with Crippen molar-refractivity contribution in [3.05, 3.63) is 0 Å². The second-order valence-corrected chi connectivity index (χ2v) is 5.70. The Morgan fingerprint density at radius 3 is 2.50 bits per heavy atom. The molecule has 0 aliphatic heterocycles. The summed E-state index contributed by atoms with van der Waals surface area (Å²) in [6.45, 7) is 5.85. The predicted molar refractivity (Wildman–Crippen MR) is 74.4 cm³/mol. The van der Waals surface area contributed by atoms with Gasteiger partial charge in [-0.1, -0.05) is 6.92 Å². The fraction of sp³-hybridized carbons (Fsp3) is 0.833. The first-order chi connectivity index (χ1) is 8.42. The van der Waals surface area contributed by atoms with Gasteiger partial charge in [0.25, 0.3) is 0 Å². The van der Waals surface area contributed by atoms with E-state index in [9.17, 15) is 9.59 Å². The van der Waals surface area contributed by atoms with Crippen molar-refractivity contribution in [3.63, 3.8) is 0 Å². The van der Waals surface area contributed by atoms with Crippen LogP contribution >= 0.6 is 11.8 Å². The first-order valence-corrected chi connectivity index (χ1v) is 7.22. The smallest absolute Gasteiger partial charge is 0.322 e. The Balaban J connectivity index is 3.86. The van der Waals surface area contributed by atoms with E-state index in [1.165, 1.54) is 18.9 Å². The molecule has 0 saturated heterocycles. The standard InChI is InChI=1S/C12H24N2O3S/c1-5-8(2)14-11(15)9(3)18-7-6-10(13)12(16)17-4/h8-10H,5-7,13H2,1-4H3,(H,14,15). The van der Waals surface area contributed by atoms with E-state index in [0.29, 0.717) is 12.2 Å². The van der Waals surface area contributed by atoms with Gasteiger partial charge in [0.2, 0.25) is 5.91 Å². The molecule has 0 aliphatic carbocycles. The Bertz CT molecular complexity index is 274. The zero-order valence-corrected chi connectivity index (χ0v) is 12.4. The maximum Gasteiger partial charge on any atom is 0.322 e. The summed E-state index contributed by atoms with van der Waals surface area (Å²) in [7, 11) is 1.32. The number of carbonyl (C=O) groups is 2. The summed E-state index contributed by atoms with van der Waals surface area (Å²) in [5.41, 5.74) is 5.60. The molecule has 5 nitrogen and oxygen atoms in total. The van der Waals surface area contributed by atoms with E-state index in [4.69, 9.17) is 5.73 Å². The minimum Gasteiger partial charge on any atom is -0.468 e. The highest BCUT2D eigenvalue weighted by molar-refractivity contribution is 8.00. The average molecular weight is 276 g/mol. The molecule has 3 N–H and O–H groups in total. The van der Waals surface area contributed by atoms with Crippen molar-refractivity contribution in [2.75, 3.05) is 12.9 Å². The van der Waals surface area contributed by atoms with Gasteiger partial charge in [-0.25, -0.2) is 0 Å². The van der Waals surface area contributed by atoms with Gasteiger partial charge in [0.15, 0.2) is 0 Å². The molecule has 0 heterocycles. The Morgan fingerprint density at radius 2 is 2.00 bits per heavy atom. The van der Waals surface area contributed by atoms with Crippen LogP contribution in [0.3, 0.4) is 0 Å². The van der Waals surface area contributed by atoms with Crippen LogP contribution in [0.4, 0.5) is 0 Å². The van der Waals surface area contributed by atoms with Crippen molar-refractivity contribution in [2.24, 2.45) is 5.73 Å². The lowest BCUT2D eigenvalue weighted by Gasteiger charge is -2.16. The van der Waals surface area contributed by atoms with Gasteiger partial charge in [-0.3, -0.25) is 9.59 Å². The number of thioether (sulfide) groups is 1. The first kappa shape index (κ1) is 17.2. The summed E-state index contributed by atoms with van der Waals surface area (Å²) >= 11 is 1.49. The fourth-order valence-electron chi connectivity index (χ4n) is 1.18. The maximum absolute atomic E-state index is 11.7. The van der Waals surface area contributed by atoms with Gasteiger partial charge in [-0.15, -0.1) is 11.8 Å². The molecule has 0 aliphatic rings. The van der Waals surface area contributed by atoms with Crippen LogP contribution in [0.2, 0.25) is 0 Å². The Labute approximate surface area is 113 Å². The van der Waals surface area contributed by atoms with Crippen LogP contribution < -0.4 is 11.1 Å². The van der Waals surface area contributed by atoms with Crippen LogP contribution in [-0.2, 0) is 14.3 Å². The first-order valence-electron chi connectivity index (χ1n) is 6.17. The second-order valence-electron chi connectivity index (χ2n) is 4.25. The number of amides is 1. The summed E-state index contributed by atoms with van der Waals surface area (Å²) in [4.78, 5) is 22.8. The van der Waals surface area contributed by atoms with Crippen LogP contribution in [0.25, 0.3) is 0 Å². The molecule has 0 saturated carbocycles. The van der Waals surface area contributed by atoms with Crippen LogP contribution in [0.5, 0.6) is 0 Å². The number of nitrogens with one attached hydrogen (secondary N) is 1. The molecule has 3 unspecified atom stereocenters. The van der Waals surface area contributed by atoms with Crippen LogP contribution in [0.1, 0.15) is 33.6 Å². The zero-order valence-electron chi connectivity index (χ0n) is 11.6. The van der Waals surface area contributed by atoms with Crippen LogP contribution in [-0.4, -0.2) is 42.1 Å². The largest absolute Gasteiger partial charge is 0.468 e. The van der Waals surface area contributed by atoms with E-state index in [2.05, 4.69) is 10.1 Å². The van der Waals surface area contributed by atoms with Crippen molar-refractivity contribution in [1.82, 2.24) is 5.32 Å². The van der Waals surface area contributed by atoms with E-state index in [-0.39, 0.29) is 17.2 Å². The molecule has 0 radical (unpaired) electrons. The molecule has 1 amide bonds. The summed E-state index contributed by atoms with van der Waals surface area (Å²) < 4.78 is 4.53. The average Bonchev–Trinajstić information content (AvgIpc) is 2.36. The number of rotatable bonds is 8. The minimum absolute atomic E-state index is 0.0287. The van der Waals surface area contributed by atoms with Crippen LogP contribution in [0, 0.1) is 0 Å². The van der Waals surface area contributed by atoms with E-state index in [0.717, 1.165) is 6.42 Å². The molecule has 0 fully saturated rings. The highest BCUT2D eigenvalue weighted by Gasteiger charge is 2.17. The summed E-state index contributed by atoms with van der Waals surface area (Å²) in [5.74, 6) is 0.277. The highest BCUT2D eigenvalue weighted by Crippen LogP contribution is 2.13. The summed E-state index contributed by atoms with van der Waals surface area (Å²) in [6, 6.07) is -0.412. The van der Waals surface area contributed by atoms with Gasteiger partial charge in [-0.05, 0) is 32.4 Å². The Morgan fingerprint density at radius 1 is 1.39 bits per heavy atom. The number of carbonyl (C=O) groups excluding carboxylic acids is 2. The van der Waals surface area contributed by atoms with E-state index in [1.807, 2.05) is 20.8 Å². The summed E-state index contributed by atoms with van der Waals surface area (Å²) in [6.07, 6.45) is 1.43. The van der Waals surface area contributed by atoms with Gasteiger partial charge in [0.05, 0.1) is 12.4 Å². The molecule has 0 rings (SSSR count). The molecule has 0 aromatic rings. The second kappa shape index (κ2) is 9.22. The monoisotopic (exact) mass is 276 g/mol. The van der Waals surface area contributed by atoms with Crippen molar-refractivity contribution >= 4 is 23.6 Å². The molecule has 0 aromatic carbocycles. The topological polar surface area (TPSA) is 81.4 Å². The number of ether oxygens (including phenoxy) is 1. The van der Waals surface area contributed by atoms with Crippen LogP contribution in [0.15, 0.2) is 0 Å². The molecule has 106 valence electrons. The van der Waals surface area contributed by atoms with E-state index in [1.54, 1.807) is 0 Å². The molecular formula is C12H24N2O3S. The van der Waals surface area contributed by atoms with Gasteiger partial charge >= 0.3 is 5.97 Å². The van der Waals surface area contributed by atoms with Crippen molar-refractivity contribution < 1.29 is 14.3 Å². The normalized spacial score (nSPS) is 15.6. The highest BCUT2D eigenvalue weighted by atomic mass is 32.2. The van der Waals surface area contributed by atoms with Gasteiger partial charge in [0, 0.05) is 6.04 Å². The number of esters is 1. The lowest BCUT2D eigenvalue weighted by Crippen LogP contribution is -2.37. The third-order valence-electron chi connectivity index (χ3n) is 2.67. The minimum atomic E-state index is -0.604. The predicted octanol–water partition coefficient (Wildman–Crippen LogP) is 0.913. The zero-order chi connectivity index (χ0) is 14.1. The quantitative estimate of drug-likeness (QED) is 0.644. The van der Waals surface area contributed by atoms with Crippen molar-refractivity contribution in [1.29, 1.82) is 0 Å². The maximum atomic E-state index is 11.7. The lowest BCUT2D eigenvalue weighted by molar-refractivity contribution is -0.142. The molecule has 18 heavy (non-hydrogen) atoms. The third kappa shape index (κ3) is 6.86. The lowest BCUT2D eigenvalue weighted by atomic mass is 10.2. The van der Waals surface area contributed by atoms with Gasteiger partial charge < -0.3 is 15.8 Å². The molecule has 3 atom stereocenters. The number of nitrogens with two attached hydrogens (primary N) is 1. The number of hydrogen-bond acceptors (Lipinski definition) is 5. The molecule has 0 aromatic heterocycles. The van der Waals surface area contributed by atoms with E-state index >= 15 is 0 Å². The SMILES string of the molecule is CCC(C)NC(=O)C(C)SCCC(N)C(=O)OC. The number of hydrogen-bond donors (Lipinski definition) is 2. The number of methoxy groups -OCH3 is 1. The Hall–Kier alpha value is -0.750. The Kier molecular flexibility index (Phi) is 8.83. The van der Waals surface area contributed by atoms with Gasteiger partial charge in [-0.2, -0.15) is 0 Å². The molecule has 0 bridgehead atoms. The molecule has 0 spiro atoms. The van der Waals surface area contributed by atoms with Gasteiger partial charge in [0.1, 0.15) is 6.04 Å². The van der Waals surface area contributed by atoms with Crippen molar-refractivity contribution in [2.45, 2.75) is 50.9 Å². The van der Waals surface area contributed by atoms with E-state index < -0.39 is 12.0 Å². The fourth-order valence-corrected chi connectivity index (χ4v) is 2.14. The van der Waals surface area contributed by atoms with Crippen molar-refractivity contribution in [3.8, 4) is 0 Å².